The first-order valence-corrected chi connectivity index (χ1v) is 8.17. The Kier molecular flexibility index (Phi) is 4.78. The smallest absolute Gasteiger partial charge is 0.220 e. The molecule has 2 aliphatic heterocycles. The molecule has 1 amide bonds. The lowest BCUT2D eigenvalue weighted by Gasteiger charge is -2.20. The van der Waals surface area contributed by atoms with Crippen LogP contribution in [0.2, 0.25) is 0 Å². The standard InChI is InChI=1S/C16H25N3O3/c1-11-3-4-12(22-11)5-6-14(20)18-13-7-10-21-15(13)16-17-8-9-19(16)2/h8-9,11-13,15H,3-7,10H2,1-2H3,(H,18,20)/t11?,12?,13-,15-/m0/s1. The topological polar surface area (TPSA) is 65.4 Å². The molecule has 3 rings (SSSR count). The van der Waals surface area contributed by atoms with Gasteiger partial charge in [0.05, 0.1) is 18.2 Å². The Morgan fingerprint density at radius 1 is 1.45 bits per heavy atom. The summed E-state index contributed by atoms with van der Waals surface area (Å²) in [6, 6.07) is 0.0111. The molecule has 1 aromatic rings. The Morgan fingerprint density at radius 3 is 3.00 bits per heavy atom. The predicted molar refractivity (Wildman–Crippen MR) is 81.3 cm³/mol. The van der Waals surface area contributed by atoms with Crippen molar-refractivity contribution in [2.45, 2.75) is 63.4 Å². The average molecular weight is 307 g/mol. The molecular formula is C16H25N3O3. The summed E-state index contributed by atoms with van der Waals surface area (Å²) in [6.45, 7) is 2.75. The second-order valence-electron chi connectivity index (χ2n) is 6.34. The van der Waals surface area contributed by atoms with Gasteiger partial charge in [-0.3, -0.25) is 4.79 Å². The zero-order chi connectivity index (χ0) is 15.5. The third-order valence-corrected chi connectivity index (χ3v) is 4.56. The van der Waals surface area contributed by atoms with E-state index in [0.29, 0.717) is 19.1 Å². The van der Waals surface area contributed by atoms with Gasteiger partial charge in [0.1, 0.15) is 11.9 Å². The monoisotopic (exact) mass is 307 g/mol. The van der Waals surface area contributed by atoms with E-state index in [0.717, 1.165) is 31.5 Å². The molecule has 122 valence electrons. The number of hydrogen-bond donors (Lipinski definition) is 1. The minimum absolute atomic E-state index is 0.0111. The molecule has 2 unspecified atom stereocenters. The van der Waals surface area contributed by atoms with Gasteiger partial charge in [0, 0.05) is 32.5 Å². The molecule has 3 heterocycles. The lowest BCUT2D eigenvalue weighted by atomic mass is 10.1. The Hall–Kier alpha value is -1.40. The maximum absolute atomic E-state index is 12.2. The van der Waals surface area contributed by atoms with E-state index in [1.807, 2.05) is 17.8 Å². The second kappa shape index (κ2) is 6.79. The van der Waals surface area contributed by atoms with Crippen LogP contribution in [0.5, 0.6) is 0 Å². The number of amides is 1. The van der Waals surface area contributed by atoms with Gasteiger partial charge in [-0.25, -0.2) is 4.98 Å². The number of carbonyl (C=O) groups excluding carboxylic acids is 1. The number of hydrogen-bond acceptors (Lipinski definition) is 4. The van der Waals surface area contributed by atoms with E-state index in [1.54, 1.807) is 6.20 Å². The van der Waals surface area contributed by atoms with Crippen LogP contribution in [0.1, 0.15) is 51.0 Å². The molecule has 0 aromatic carbocycles. The van der Waals surface area contributed by atoms with Crippen LogP contribution in [0, 0.1) is 0 Å². The molecule has 22 heavy (non-hydrogen) atoms. The third kappa shape index (κ3) is 3.50. The predicted octanol–water partition coefficient (Wildman–Crippen LogP) is 1.71. The largest absolute Gasteiger partial charge is 0.375 e. The van der Waals surface area contributed by atoms with Crippen LogP contribution in [0.25, 0.3) is 0 Å². The first-order valence-electron chi connectivity index (χ1n) is 8.17. The normalized spacial score (nSPS) is 31.5. The maximum atomic E-state index is 12.2. The number of rotatable bonds is 5. The lowest BCUT2D eigenvalue weighted by Crippen LogP contribution is -2.37. The van der Waals surface area contributed by atoms with Crippen LogP contribution in [0.15, 0.2) is 12.4 Å². The summed E-state index contributed by atoms with van der Waals surface area (Å²) in [5.74, 6) is 0.952. The van der Waals surface area contributed by atoms with Crippen LogP contribution >= 0.6 is 0 Å². The summed E-state index contributed by atoms with van der Waals surface area (Å²) < 4.78 is 13.5. The van der Waals surface area contributed by atoms with Gasteiger partial charge in [0.15, 0.2) is 0 Å². The SMILES string of the molecule is CC1CCC(CCC(=O)N[C@H]2CCO[C@@H]2c2nccn2C)O1. The molecule has 2 aliphatic rings. The van der Waals surface area contributed by atoms with Gasteiger partial charge in [-0.05, 0) is 32.6 Å². The summed E-state index contributed by atoms with van der Waals surface area (Å²) >= 11 is 0. The number of carbonyl (C=O) groups is 1. The van der Waals surface area contributed by atoms with E-state index in [9.17, 15) is 4.79 Å². The molecule has 2 fully saturated rings. The highest BCUT2D eigenvalue weighted by Crippen LogP contribution is 2.28. The molecule has 0 saturated carbocycles. The average Bonchev–Trinajstić information content (AvgIpc) is 3.18. The first-order chi connectivity index (χ1) is 10.6. The number of ether oxygens (including phenoxy) is 2. The van der Waals surface area contributed by atoms with Crippen LogP contribution in [-0.4, -0.2) is 40.3 Å². The second-order valence-corrected chi connectivity index (χ2v) is 6.34. The zero-order valence-corrected chi connectivity index (χ0v) is 13.3. The molecule has 6 nitrogen and oxygen atoms in total. The Labute approximate surface area is 131 Å². The van der Waals surface area contributed by atoms with Crippen LogP contribution in [-0.2, 0) is 21.3 Å². The van der Waals surface area contributed by atoms with Gasteiger partial charge >= 0.3 is 0 Å². The molecule has 0 bridgehead atoms. The van der Waals surface area contributed by atoms with E-state index in [-0.39, 0.29) is 24.2 Å². The zero-order valence-electron chi connectivity index (χ0n) is 13.3. The molecule has 0 aliphatic carbocycles. The number of aromatic nitrogens is 2. The van der Waals surface area contributed by atoms with Crippen LogP contribution < -0.4 is 5.32 Å². The summed E-state index contributed by atoms with van der Waals surface area (Å²) in [4.78, 5) is 16.5. The molecule has 1 N–H and O–H groups in total. The maximum Gasteiger partial charge on any atom is 0.220 e. The molecule has 0 spiro atoms. The van der Waals surface area contributed by atoms with E-state index in [4.69, 9.17) is 9.47 Å². The summed E-state index contributed by atoms with van der Waals surface area (Å²) in [6.07, 6.45) is 8.41. The van der Waals surface area contributed by atoms with Gasteiger partial charge in [0.2, 0.25) is 5.91 Å². The lowest BCUT2D eigenvalue weighted by molar-refractivity contribution is -0.123. The Morgan fingerprint density at radius 2 is 2.32 bits per heavy atom. The Balaban J connectivity index is 1.49. The van der Waals surface area contributed by atoms with E-state index >= 15 is 0 Å². The van der Waals surface area contributed by atoms with Crippen LogP contribution in [0.3, 0.4) is 0 Å². The fourth-order valence-corrected chi connectivity index (χ4v) is 3.31. The minimum Gasteiger partial charge on any atom is -0.375 e. The number of nitrogens with zero attached hydrogens (tertiary/aromatic N) is 2. The van der Waals surface area contributed by atoms with Gasteiger partial charge in [-0.15, -0.1) is 0 Å². The fourth-order valence-electron chi connectivity index (χ4n) is 3.31. The number of imidazole rings is 1. The minimum atomic E-state index is -0.147. The van der Waals surface area contributed by atoms with Crippen molar-refractivity contribution in [2.75, 3.05) is 6.61 Å². The van der Waals surface area contributed by atoms with Gasteiger partial charge in [-0.1, -0.05) is 0 Å². The van der Waals surface area contributed by atoms with Crippen molar-refractivity contribution in [3.05, 3.63) is 18.2 Å². The van der Waals surface area contributed by atoms with Crippen molar-refractivity contribution < 1.29 is 14.3 Å². The highest BCUT2D eigenvalue weighted by Gasteiger charge is 2.33. The summed E-state index contributed by atoms with van der Waals surface area (Å²) in [5.41, 5.74) is 0. The van der Waals surface area contributed by atoms with Crippen molar-refractivity contribution in [1.29, 1.82) is 0 Å². The quantitative estimate of drug-likeness (QED) is 0.899. The van der Waals surface area contributed by atoms with Crippen molar-refractivity contribution in [3.63, 3.8) is 0 Å². The third-order valence-electron chi connectivity index (χ3n) is 4.56. The highest BCUT2D eigenvalue weighted by molar-refractivity contribution is 5.76. The van der Waals surface area contributed by atoms with Gasteiger partial charge in [-0.2, -0.15) is 0 Å². The van der Waals surface area contributed by atoms with Gasteiger partial charge in [0.25, 0.3) is 0 Å². The Bertz CT molecular complexity index is 516. The molecular weight excluding hydrogens is 282 g/mol. The van der Waals surface area contributed by atoms with E-state index in [2.05, 4.69) is 17.2 Å². The first kappa shape index (κ1) is 15.5. The molecule has 2 saturated heterocycles. The van der Waals surface area contributed by atoms with Crippen LogP contribution in [0.4, 0.5) is 0 Å². The molecule has 6 heteroatoms. The highest BCUT2D eigenvalue weighted by atomic mass is 16.5. The number of nitrogens with one attached hydrogen (secondary N) is 1. The van der Waals surface area contributed by atoms with Crippen molar-refractivity contribution in [3.8, 4) is 0 Å². The van der Waals surface area contributed by atoms with E-state index in [1.165, 1.54) is 0 Å². The number of aryl methyl sites for hydroxylation is 1. The molecule has 4 atom stereocenters. The molecule has 0 radical (unpaired) electrons. The van der Waals surface area contributed by atoms with Gasteiger partial charge < -0.3 is 19.4 Å². The fraction of sp³-hybridized carbons (Fsp3) is 0.750. The van der Waals surface area contributed by atoms with E-state index < -0.39 is 0 Å². The van der Waals surface area contributed by atoms with Crippen molar-refractivity contribution in [2.24, 2.45) is 7.05 Å². The van der Waals surface area contributed by atoms with Crippen molar-refractivity contribution in [1.82, 2.24) is 14.9 Å². The summed E-state index contributed by atoms with van der Waals surface area (Å²) in [5, 5.41) is 3.11. The summed E-state index contributed by atoms with van der Waals surface area (Å²) in [7, 11) is 1.95. The molecule has 1 aromatic heterocycles. The van der Waals surface area contributed by atoms with Crippen molar-refractivity contribution >= 4 is 5.91 Å².